The van der Waals surface area contributed by atoms with Gasteiger partial charge in [0.15, 0.2) is 0 Å². The smallest absolute Gasteiger partial charge is 0.368 e. The lowest BCUT2D eigenvalue weighted by atomic mass is 10.1. The van der Waals surface area contributed by atoms with Crippen molar-refractivity contribution in [2.45, 2.75) is 57.5 Å². The Kier molecular flexibility index (Phi) is 10.5. The van der Waals surface area contributed by atoms with Gasteiger partial charge in [-0.25, -0.2) is 0 Å². The highest BCUT2D eigenvalue weighted by atomic mass is 28.4. The van der Waals surface area contributed by atoms with Gasteiger partial charge in [-0.05, 0) is 26.8 Å². The van der Waals surface area contributed by atoms with E-state index in [9.17, 15) is 9.59 Å². The van der Waals surface area contributed by atoms with Crippen molar-refractivity contribution in [3.05, 3.63) is 0 Å². The molecule has 0 radical (unpaired) electrons. The van der Waals surface area contributed by atoms with Crippen LogP contribution in [0.3, 0.4) is 0 Å². The molecule has 0 aliphatic carbocycles. The summed E-state index contributed by atoms with van der Waals surface area (Å²) in [7, 11) is -2.44. The Balaban J connectivity index is 1.38. The number of carbonyl (C=O) groups excluding carboxylic acids is 2. The van der Waals surface area contributed by atoms with Crippen molar-refractivity contribution >= 4 is 20.6 Å². The van der Waals surface area contributed by atoms with Crippen LogP contribution < -0.4 is 27.0 Å². The predicted octanol–water partition coefficient (Wildman–Crippen LogP) is -1.31. The lowest BCUT2D eigenvalue weighted by Crippen LogP contribution is -2.44. The molecule has 0 spiro atoms. The summed E-state index contributed by atoms with van der Waals surface area (Å²) in [6, 6.07) is 0.813. The van der Waals surface area contributed by atoms with Gasteiger partial charge in [0, 0.05) is 58.2 Å². The first-order valence-electron chi connectivity index (χ1n) is 10.6. The third-order valence-electron chi connectivity index (χ3n) is 4.96. The van der Waals surface area contributed by atoms with E-state index in [0.29, 0.717) is 52.1 Å². The maximum absolute atomic E-state index is 11.8. The van der Waals surface area contributed by atoms with Crippen LogP contribution in [0.15, 0.2) is 0 Å². The van der Waals surface area contributed by atoms with Crippen molar-refractivity contribution in [2.75, 3.05) is 45.8 Å². The van der Waals surface area contributed by atoms with E-state index >= 15 is 0 Å². The molecule has 2 aliphatic rings. The van der Waals surface area contributed by atoms with Crippen LogP contribution in [0.4, 0.5) is 0 Å². The number of rotatable bonds is 15. The molecule has 2 unspecified atom stereocenters. The molecule has 2 heterocycles. The first kappa shape index (κ1) is 24.2. The molecule has 0 aromatic rings. The van der Waals surface area contributed by atoms with Crippen LogP contribution in [0.25, 0.3) is 0 Å². The van der Waals surface area contributed by atoms with Gasteiger partial charge >= 0.3 is 8.80 Å². The molecule has 29 heavy (non-hydrogen) atoms. The number of nitrogens with two attached hydrogens (primary N) is 1. The largest absolute Gasteiger partial charge is 0.502 e. The van der Waals surface area contributed by atoms with Crippen molar-refractivity contribution in [3.63, 3.8) is 0 Å². The van der Waals surface area contributed by atoms with E-state index in [4.69, 9.17) is 19.0 Å². The minimum Gasteiger partial charge on any atom is -0.368 e. The van der Waals surface area contributed by atoms with Crippen molar-refractivity contribution < 1.29 is 22.9 Å². The standard InChI is InChI=1S/C18H37N5O5Si/c1-14-18-15(2)27-29(26-14,28-18)13-3-7-20-8-4-17(25)23-12-11-21-9-5-16(24)22-10-6-19/h14-15,18,20-21H,3-13,19H2,1-2H3,(H,22,24)(H,23,25). The lowest BCUT2D eigenvalue weighted by Gasteiger charge is -2.26. The first-order chi connectivity index (χ1) is 14.0. The third kappa shape index (κ3) is 8.28. The number of nitrogens with one attached hydrogen (secondary N) is 4. The van der Waals surface area contributed by atoms with Crippen LogP contribution >= 0.6 is 0 Å². The zero-order valence-electron chi connectivity index (χ0n) is 17.6. The Labute approximate surface area is 174 Å². The summed E-state index contributed by atoms with van der Waals surface area (Å²) in [6.45, 7) is 8.23. The Morgan fingerprint density at radius 3 is 2.00 bits per heavy atom. The van der Waals surface area contributed by atoms with Gasteiger partial charge in [-0.2, -0.15) is 0 Å². The summed E-state index contributed by atoms with van der Waals surface area (Å²) in [6.07, 6.45) is 2.09. The minimum absolute atomic E-state index is 0.0139. The number of hydrogen-bond donors (Lipinski definition) is 5. The Bertz CT molecular complexity index is 515. The molecular formula is C18H37N5O5Si. The fourth-order valence-corrected chi connectivity index (χ4v) is 6.83. The molecule has 2 saturated heterocycles. The molecule has 168 valence electrons. The number of hydrogen-bond acceptors (Lipinski definition) is 8. The lowest BCUT2D eigenvalue weighted by molar-refractivity contribution is -0.122. The maximum atomic E-state index is 11.8. The van der Waals surface area contributed by atoms with Crippen molar-refractivity contribution in [1.29, 1.82) is 0 Å². The van der Waals surface area contributed by atoms with Crippen LogP contribution in [0.5, 0.6) is 0 Å². The van der Waals surface area contributed by atoms with Crippen LogP contribution in [0.1, 0.15) is 33.1 Å². The summed E-state index contributed by atoms with van der Waals surface area (Å²) in [5, 5.41) is 12.0. The van der Waals surface area contributed by atoms with Crippen LogP contribution in [-0.2, 0) is 22.9 Å². The van der Waals surface area contributed by atoms with E-state index in [1.807, 2.05) is 13.8 Å². The summed E-state index contributed by atoms with van der Waals surface area (Å²) in [5.41, 5.74) is 5.32. The highest BCUT2D eigenvalue weighted by molar-refractivity contribution is 6.62. The van der Waals surface area contributed by atoms with E-state index in [-0.39, 0.29) is 30.1 Å². The highest BCUT2D eigenvalue weighted by Gasteiger charge is 2.60. The van der Waals surface area contributed by atoms with Gasteiger partial charge in [0.25, 0.3) is 0 Å². The molecule has 2 aliphatic heterocycles. The third-order valence-corrected chi connectivity index (χ3v) is 8.02. The normalized spacial score (nSPS) is 27.9. The minimum atomic E-state index is -2.44. The van der Waals surface area contributed by atoms with E-state index in [1.165, 1.54) is 0 Å². The molecule has 11 heteroatoms. The molecular weight excluding hydrogens is 394 g/mol. The topological polar surface area (TPSA) is 136 Å². The molecule has 2 rings (SSSR count). The van der Waals surface area contributed by atoms with E-state index in [2.05, 4.69) is 21.3 Å². The van der Waals surface area contributed by atoms with Gasteiger partial charge in [0.2, 0.25) is 11.8 Å². The van der Waals surface area contributed by atoms with Gasteiger partial charge in [0.05, 0.1) is 18.3 Å². The average Bonchev–Trinajstić information content (AvgIpc) is 3.18. The number of amides is 2. The second kappa shape index (κ2) is 12.6. The summed E-state index contributed by atoms with van der Waals surface area (Å²) >= 11 is 0. The molecule has 0 aromatic carbocycles. The van der Waals surface area contributed by atoms with Crippen molar-refractivity contribution in [2.24, 2.45) is 5.73 Å². The number of fused-ring (bicyclic) bond motifs is 2. The first-order valence-corrected chi connectivity index (χ1v) is 12.6. The maximum Gasteiger partial charge on any atom is 0.502 e. The van der Waals surface area contributed by atoms with Gasteiger partial charge in [-0.3, -0.25) is 9.59 Å². The molecule has 10 nitrogen and oxygen atoms in total. The van der Waals surface area contributed by atoms with Gasteiger partial charge in [0.1, 0.15) is 0 Å². The van der Waals surface area contributed by atoms with Crippen LogP contribution in [0, 0.1) is 0 Å². The molecule has 2 amide bonds. The average molecular weight is 432 g/mol. The molecule has 2 atom stereocenters. The number of carbonyl (C=O) groups is 2. The highest BCUT2D eigenvalue weighted by Crippen LogP contribution is 2.40. The molecule has 0 saturated carbocycles. The monoisotopic (exact) mass is 431 g/mol. The molecule has 0 aromatic heterocycles. The quantitative estimate of drug-likeness (QED) is 0.159. The zero-order valence-corrected chi connectivity index (χ0v) is 18.6. The second-order valence-corrected chi connectivity index (χ2v) is 10.1. The summed E-state index contributed by atoms with van der Waals surface area (Å²) in [4.78, 5) is 23.2. The van der Waals surface area contributed by atoms with Crippen molar-refractivity contribution in [3.8, 4) is 0 Å². The molecule has 2 bridgehead atoms. The Morgan fingerprint density at radius 1 is 0.828 bits per heavy atom. The van der Waals surface area contributed by atoms with Gasteiger partial charge in [-0.1, -0.05) is 0 Å². The summed E-state index contributed by atoms with van der Waals surface area (Å²) in [5.74, 6) is -0.00486. The predicted molar refractivity (Wildman–Crippen MR) is 111 cm³/mol. The zero-order chi connectivity index (χ0) is 21.1. The van der Waals surface area contributed by atoms with E-state index in [0.717, 1.165) is 19.0 Å². The Hall–Kier alpha value is -1.08. The fourth-order valence-electron chi connectivity index (χ4n) is 3.50. The molecule has 6 N–H and O–H groups in total. The van der Waals surface area contributed by atoms with Gasteiger partial charge < -0.3 is 40.3 Å². The van der Waals surface area contributed by atoms with E-state index in [1.54, 1.807) is 0 Å². The summed E-state index contributed by atoms with van der Waals surface area (Å²) < 4.78 is 17.9. The van der Waals surface area contributed by atoms with Crippen LogP contribution in [-0.4, -0.2) is 84.7 Å². The van der Waals surface area contributed by atoms with Crippen molar-refractivity contribution in [1.82, 2.24) is 21.3 Å². The van der Waals surface area contributed by atoms with E-state index < -0.39 is 8.80 Å². The molecule has 2 fully saturated rings. The van der Waals surface area contributed by atoms with Gasteiger partial charge in [-0.15, -0.1) is 0 Å². The fraction of sp³-hybridized carbons (Fsp3) is 0.889. The Morgan fingerprint density at radius 2 is 1.41 bits per heavy atom. The SMILES string of the molecule is CC1O[Si]2(CCCNCCC(=O)NCCNCCC(=O)NCCN)OC(C)C1O2. The second-order valence-electron chi connectivity index (χ2n) is 7.50. The van der Waals surface area contributed by atoms with Crippen LogP contribution in [0.2, 0.25) is 6.04 Å².